The highest BCUT2D eigenvalue weighted by Gasteiger charge is 2.57. The molecule has 0 unspecified atom stereocenters. The Morgan fingerprint density at radius 1 is 1.07 bits per heavy atom. The molecule has 2 aromatic carbocycles. The van der Waals surface area contributed by atoms with E-state index in [-0.39, 0.29) is 31.3 Å². The van der Waals surface area contributed by atoms with Crippen LogP contribution in [-0.4, -0.2) is 42.5 Å². The van der Waals surface area contributed by atoms with Crippen molar-refractivity contribution in [2.24, 2.45) is 5.41 Å². The lowest BCUT2D eigenvalue weighted by molar-refractivity contribution is -0.150. The first-order valence-electron chi connectivity index (χ1n) is 9.54. The van der Waals surface area contributed by atoms with Crippen LogP contribution in [0.3, 0.4) is 0 Å². The molecule has 2 N–H and O–H groups in total. The predicted molar refractivity (Wildman–Crippen MR) is 101 cm³/mol. The number of carbonyl (C=O) groups excluding carboxylic acids is 1. The SMILES string of the molecule is O=C(N[C@@H]1C[C@@]2(C(=O)O)CO[C@@H]1C2)OCC1c2ccccc2-c2ccccc21. The van der Waals surface area contributed by atoms with Crippen LogP contribution in [0.1, 0.15) is 29.9 Å². The first-order chi connectivity index (χ1) is 13.6. The van der Waals surface area contributed by atoms with Gasteiger partial charge < -0.3 is 19.9 Å². The zero-order chi connectivity index (χ0) is 19.3. The van der Waals surface area contributed by atoms with E-state index in [1.54, 1.807) is 0 Å². The Morgan fingerprint density at radius 2 is 1.71 bits per heavy atom. The topological polar surface area (TPSA) is 84.9 Å². The highest BCUT2D eigenvalue weighted by atomic mass is 16.6. The Hall–Kier alpha value is -2.86. The van der Waals surface area contributed by atoms with Gasteiger partial charge in [-0.25, -0.2) is 4.79 Å². The number of nitrogens with one attached hydrogen (secondary N) is 1. The first-order valence-corrected chi connectivity index (χ1v) is 9.54. The number of alkyl carbamates (subject to hydrolysis) is 1. The van der Waals surface area contributed by atoms with E-state index in [0.717, 1.165) is 11.1 Å². The summed E-state index contributed by atoms with van der Waals surface area (Å²) in [6.07, 6.45) is 0.0496. The van der Waals surface area contributed by atoms with Gasteiger partial charge in [-0.1, -0.05) is 48.5 Å². The van der Waals surface area contributed by atoms with E-state index in [2.05, 4.69) is 29.6 Å². The summed E-state index contributed by atoms with van der Waals surface area (Å²) < 4.78 is 11.1. The van der Waals surface area contributed by atoms with Crippen LogP contribution >= 0.6 is 0 Å². The maximum absolute atomic E-state index is 12.4. The van der Waals surface area contributed by atoms with Crippen LogP contribution in [-0.2, 0) is 14.3 Å². The fourth-order valence-electron chi connectivity index (χ4n) is 4.89. The molecule has 0 aromatic heterocycles. The number of carboxylic acids is 1. The van der Waals surface area contributed by atoms with E-state index in [0.29, 0.717) is 12.8 Å². The molecule has 1 heterocycles. The summed E-state index contributed by atoms with van der Waals surface area (Å²) in [7, 11) is 0. The maximum Gasteiger partial charge on any atom is 0.407 e. The minimum atomic E-state index is -0.869. The molecular weight excluding hydrogens is 358 g/mol. The first kappa shape index (κ1) is 17.3. The Balaban J connectivity index is 1.26. The number of hydrogen-bond donors (Lipinski definition) is 2. The van der Waals surface area contributed by atoms with Crippen molar-refractivity contribution in [1.82, 2.24) is 5.32 Å². The molecule has 3 atom stereocenters. The second kappa shape index (κ2) is 6.34. The lowest BCUT2D eigenvalue weighted by Gasteiger charge is -2.27. The number of ether oxygens (including phenoxy) is 2. The van der Waals surface area contributed by atoms with Crippen molar-refractivity contribution in [3.8, 4) is 11.1 Å². The van der Waals surface area contributed by atoms with Crippen molar-refractivity contribution in [2.45, 2.75) is 30.9 Å². The van der Waals surface area contributed by atoms with Crippen LogP contribution in [0.25, 0.3) is 11.1 Å². The average Bonchev–Trinajstić information content (AvgIpc) is 3.37. The Kier molecular flexibility index (Phi) is 3.91. The van der Waals surface area contributed by atoms with Gasteiger partial charge in [-0.3, -0.25) is 4.79 Å². The van der Waals surface area contributed by atoms with Crippen molar-refractivity contribution < 1.29 is 24.2 Å². The van der Waals surface area contributed by atoms with Crippen molar-refractivity contribution in [3.05, 3.63) is 59.7 Å². The molecule has 2 aliphatic carbocycles. The Morgan fingerprint density at radius 3 is 2.32 bits per heavy atom. The average molecular weight is 379 g/mol. The molecule has 1 aliphatic heterocycles. The second-order valence-corrected chi connectivity index (χ2v) is 7.92. The minimum Gasteiger partial charge on any atom is -0.481 e. The molecule has 2 fully saturated rings. The molecule has 2 aromatic rings. The summed E-state index contributed by atoms with van der Waals surface area (Å²) in [5.41, 5.74) is 3.80. The molecule has 144 valence electrons. The van der Waals surface area contributed by atoms with Crippen molar-refractivity contribution in [2.75, 3.05) is 13.2 Å². The van der Waals surface area contributed by atoms with Gasteiger partial charge in [0.2, 0.25) is 0 Å². The zero-order valence-electron chi connectivity index (χ0n) is 15.3. The Bertz CT molecular complexity index is 912. The van der Waals surface area contributed by atoms with Crippen molar-refractivity contribution in [3.63, 3.8) is 0 Å². The molecule has 1 amide bonds. The van der Waals surface area contributed by atoms with E-state index in [1.165, 1.54) is 11.1 Å². The van der Waals surface area contributed by atoms with E-state index in [4.69, 9.17) is 9.47 Å². The summed E-state index contributed by atoms with van der Waals surface area (Å²) in [5.74, 6) is -0.855. The number of hydrogen-bond acceptors (Lipinski definition) is 4. The number of rotatable bonds is 4. The molecule has 1 saturated heterocycles. The third-order valence-electron chi connectivity index (χ3n) is 6.33. The standard InChI is InChI=1S/C22H21NO5/c24-20(25)22-9-18(19(10-22)28-12-22)23-21(26)27-11-17-15-7-3-1-5-13(15)14-6-2-4-8-16(14)17/h1-8,17-19H,9-12H2,(H,23,26)(H,24,25)/t18-,19-,22+/m1/s1. The van der Waals surface area contributed by atoms with E-state index < -0.39 is 17.5 Å². The lowest BCUT2D eigenvalue weighted by Crippen LogP contribution is -2.45. The fraction of sp³-hybridized carbons (Fsp3) is 0.364. The summed E-state index contributed by atoms with van der Waals surface area (Å²) in [4.78, 5) is 23.9. The van der Waals surface area contributed by atoms with E-state index in [1.807, 2.05) is 24.3 Å². The third-order valence-corrected chi connectivity index (χ3v) is 6.33. The largest absolute Gasteiger partial charge is 0.481 e. The second-order valence-electron chi connectivity index (χ2n) is 7.92. The van der Waals surface area contributed by atoms with Gasteiger partial charge in [-0.2, -0.15) is 0 Å². The molecule has 1 saturated carbocycles. The van der Waals surface area contributed by atoms with Crippen LogP contribution < -0.4 is 5.32 Å². The third kappa shape index (κ3) is 2.59. The van der Waals surface area contributed by atoms with Crippen LogP contribution in [0.4, 0.5) is 4.79 Å². The maximum atomic E-state index is 12.4. The van der Waals surface area contributed by atoms with Crippen LogP contribution in [0.5, 0.6) is 0 Å². The number of benzene rings is 2. The molecule has 6 heteroatoms. The quantitative estimate of drug-likeness (QED) is 0.852. The van der Waals surface area contributed by atoms with Crippen LogP contribution in [0, 0.1) is 5.41 Å². The van der Waals surface area contributed by atoms with Crippen molar-refractivity contribution >= 4 is 12.1 Å². The van der Waals surface area contributed by atoms with Gasteiger partial charge in [-0.05, 0) is 35.1 Å². The highest BCUT2D eigenvalue weighted by molar-refractivity contribution is 5.79. The minimum absolute atomic E-state index is 0.000193. The summed E-state index contributed by atoms with van der Waals surface area (Å²) in [5, 5.41) is 12.3. The fourth-order valence-corrected chi connectivity index (χ4v) is 4.89. The molecule has 6 nitrogen and oxygen atoms in total. The highest BCUT2D eigenvalue weighted by Crippen LogP contribution is 2.47. The van der Waals surface area contributed by atoms with Gasteiger partial charge in [-0.15, -0.1) is 0 Å². The molecule has 0 spiro atoms. The molecule has 28 heavy (non-hydrogen) atoms. The van der Waals surface area contributed by atoms with Gasteiger partial charge in [0.25, 0.3) is 0 Å². The molecular formula is C22H21NO5. The summed E-state index contributed by atoms with van der Waals surface area (Å²) in [6.45, 7) is 0.456. The monoisotopic (exact) mass is 379 g/mol. The Labute approximate surface area is 162 Å². The van der Waals surface area contributed by atoms with Gasteiger partial charge >= 0.3 is 12.1 Å². The molecule has 5 rings (SSSR count). The number of fused-ring (bicyclic) bond motifs is 5. The summed E-state index contributed by atoms with van der Waals surface area (Å²) >= 11 is 0. The number of aliphatic carboxylic acids is 1. The molecule has 0 radical (unpaired) electrons. The predicted octanol–water partition coefficient (Wildman–Crippen LogP) is 3.16. The lowest BCUT2D eigenvalue weighted by atomic mass is 9.88. The van der Waals surface area contributed by atoms with Gasteiger partial charge in [0.1, 0.15) is 6.61 Å². The van der Waals surface area contributed by atoms with Gasteiger partial charge in [0.15, 0.2) is 0 Å². The number of amides is 1. The zero-order valence-corrected chi connectivity index (χ0v) is 15.3. The van der Waals surface area contributed by atoms with Crippen molar-refractivity contribution in [1.29, 1.82) is 0 Å². The van der Waals surface area contributed by atoms with Crippen LogP contribution in [0.2, 0.25) is 0 Å². The summed E-state index contributed by atoms with van der Waals surface area (Å²) in [6, 6.07) is 16.0. The number of carbonyl (C=O) groups is 2. The molecule has 3 aliphatic rings. The normalized spacial score (nSPS) is 27.3. The van der Waals surface area contributed by atoms with Crippen LogP contribution in [0.15, 0.2) is 48.5 Å². The smallest absolute Gasteiger partial charge is 0.407 e. The van der Waals surface area contributed by atoms with Gasteiger partial charge in [0.05, 0.1) is 24.2 Å². The van der Waals surface area contributed by atoms with Gasteiger partial charge in [0, 0.05) is 5.92 Å². The van der Waals surface area contributed by atoms with E-state index >= 15 is 0 Å². The van der Waals surface area contributed by atoms with E-state index in [9.17, 15) is 14.7 Å². The number of carboxylic acid groups (broad SMARTS) is 1. The molecule has 2 bridgehead atoms.